The Morgan fingerprint density at radius 3 is 0.887 bits per heavy atom. The van der Waals surface area contributed by atoms with Gasteiger partial charge in [-0.05, 0) is 113 Å². The maximum Gasteiger partial charge on any atom is 0.0462 e. The van der Waals surface area contributed by atoms with Crippen LogP contribution in [0.4, 0.5) is 34.1 Å². The summed E-state index contributed by atoms with van der Waals surface area (Å²) >= 11 is 0. The highest BCUT2D eigenvalue weighted by molar-refractivity contribution is 5.82. The number of benzene rings is 8. The minimum Gasteiger partial charge on any atom is -0.311 e. The van der Waals surface area contributed by atoms with Gasteiger partial charge < -0.3 is 9.80 Å². The molecule has 0 saturated carbocycles. The smallest absolute Gasteiger partial charge is 0.0462 e. The molecule has 0 radical (unpaired) electrons. The van der Waals surface area contributed by atoms with Crippen LogP contribution in [0.15, 0.2) is 212 Å². The van der Waals surface area contributed by atoms with E-state index in [2.05, 4.69) is 241 Å². The van der Waals surface area contributed by atoms with E-state index in [1.54, 1.807) is 0 Å². The van der Waals surface area contributed by atoms with Crippen LogP contribution in [0, 0.1) is 6.92 Å². The molecule has 0 atom stereocenters. The minimum absolute atomic E-state index is 1.10. The molecular formula is C51H40N2. The molecular weight excluding hydrogens is 641 g/mol. The largest absolute Gasteiger partial charge is 0.311 e. The fraction of sp³-hybridized carbons (Fsp3) is 0.0196. The maximum atomic E-state index is 2.32. The Morgan fingerprint density at radius 2 is 0.528 bits per heavy atom. The lowest BCUT2D eigenvalue weighted by molar-refractivity contribution is 1.27. The number of hydrogen-bond acceptors (Lipinski definition) is 2. The van der Waals surface area contributed by atoms with Gasteiger partial charge in [0.05, 0.1) is 0 Å². The first-order valence-corrected chi connectivity index (χ1v) is 18.1. The molecule has 0 unspecified atom stereocenters. The van der Waals surface area contributed by atoms with Gasteiger partial charge in [0.2, 0.25) is 0 Å². The number of para-hydroxylation sites is 1. The zero-order valence-electron chi connectivity index (χ0n) is 29.8. The van der Waals surface area contributed by atoms with Crippen molar-refractivity contribution in [3.8, 4) is 22.3 Å². The van der Waals surface area contributed by atoms with Gasteiger partial charge in [-0.3, -0.25) is 0 Å². The van der Waals surface area contributed by atoms with Gasteiger partial charge in [0, 0.05) is 34.1 Å². The van der Waals surface area contributed by atoms with Crippen molar-refractivity contribution in [1.29, 1.82) is 0 Å². The minimum atomic E-state index is 1.10. The van der Waals surface area contributed by atoms with E-state index < -0.39 is 0 Å². The van der Waals surface area contributed by atoms with Gasteiger partial charge in [-0.2, -0.15) is 0 Å². The first-order chi connectivity index (χ1) is 26.2. The lowest BCUT2D eigenvalue weighted by atomic mass is 10.0. The van der Waals surface area contributed by atoms with Gasteiger partial charge in [-0.25, -0.2) is 0 Å². The van der Waals surface area contributed by atoms with Crippen LogP contribution >= 0.6 is 0 Å². The van der Waals surface area contributed by atoms with Crippen LogP contribution in [0.1, 0.15) is 16.7 Å². The van der Waals surface area contributed by atoms with Crippen molar-refractivity contribution < 1.29 is 0 Å². The molecule has 0 aliphatic carbocycles. The van der Waals surface area contributed by atoms with Gasteiger partial charge in [0.15, 0.2) is 0 Å². The maximum absolute atomic E-state index is 2.32. The predicted molar refractivity (Wildman–Crippen MR) is 227 cm³/mol. The summed E-state index contributed by atoms with van der Waals surface area (Å²) in [6, 6.07) is 75.5. The first-order valence-electron chi connectivity index (χ1n) is 18.1. The molecule has 0 N–H and O–H groups in total. The molecule has 2 heteroatoms. The van der Waals surface area contributed by atoms with Crippen LogP contribution in [0.25, 0.3) is 34.4 Å². The van der Waals surface area contributed by atoms with Gasteiger partial charge >= 0.3 is 0 Å². The number of anilines is 6. The van der Waals surface area contributed by atoms with Gasteiger partial charge in [-0.1, -0.05) is 157 Å². The van der Waals surface area contributed by atoms with Crippen molar-refractivity contribution in [1.82, 2.24) is 0 Å². The molecule has 0 fully saturated rings. The van der Waals surface area contributed by atoms with Crippen LogP contribution in [0.2, 0.25) is 0 Å². The van der Waals surface area contributed by atoms with Crippen molar-refractivity contribution in [3.05, 3.63) is 229 Å². The van der Waals surface area contributed by atoms with Crippen molar-refractivity contribution in [2.24, 2.45) is 0 Å². The summed E-state index contributed by atoms with van der Waals surface area (Å²) in [6.07, 6.45) is 4.36. The fourth-order valence-corrected chi connectivity index (χ4v) is 6.69. The zero-order valence-corrected chi connectivity index (χ0v) is 29.8. The number of aryl methyl sites for hydroxylation is 1. The Bertz CT molecular complexity index is 2300. The lowest BCUT2D eigenvalue weighted by Gasteiger charge is -2.26. The molecule has 0 amide bonds. The predicted octanol–water partition coefficient (Wildman–Crippen LogP) is 14.4. The second-order valence-corrected chi connectivity index (χ2v) is 13.2. The highest BCUT2D eigenvalue weighted by atomic mass is 15.1. The normalized spacial score (nSPS) is 11.0. The average Bonchev–Trinajstić information content (AvgIpc) is 3.23. The van der Waals surface area contributed by atoms with E-state index in [4.69, 9.17) is 0 Å². The molecule has 0 aliphatic heterocycles. The number of hydrogen-bond donors (Lipinski definition) is 0. The standard InChI is InChI=1S/C51H40N2/c1-39-17-29-47(30-18-39)52(46-15-9-4-10-16-46)48-31-21-40(22-32-48)19-20-41-23-33-49(34-24-41)53(50-35-25-44(26-36-50)42-11-5-2-6-12-42)51-37-27-45(28-38-51)43-13-7-3-8-14-43/h2-38H,1H3. The quantitative estimate of drug-likeness (QED) is 0.133. The molecule has 0 aromatic heterocycles. The van der Waals surface area contributed by atoms with E-state index in [9.17, 15) is 0 Å². The zero-order chi connectivity index (χ0) is 35.8. The molecule has 2 nitrogen and oxygen atoms in total. The summed E-state index contributed by atoms with van der Waals surface area (Å²) < 4.78 is 0. The van der Waals surface area contributed by atoms with Crippen LogP contribution in [0.3, 0.4) is 0 Å². The van der Waals surface area contributed by atoms with E-state index in [1.165, 1.54) is 27.8 Å². The molecule has 8 aromatic carbocycles. The fourth-order valence-electron chi connectivity index (χ4n) is 6.69. The molecule has 53 heavy (non-hydrogen) atoms. The number of rotatable bonds is 10. The van der Waals surface area contributed by atoms with Crippen LogP contribution in [-0.4, -0.2) is 0 Å². The van der Waals surface area contributed by atoms with Gasteiger partial charge in [0.1, 0.15) is 0 Å². The van der Waals surface area contributed by atoms with E-state index >= 15 is 0 Å². The summed E-state index contributed by atoms with van der Waals surface area (Å²) in [5, 5.41) is 0. The highest BCUT2D eigenvalue weighted by Crippen LogP contribution is 2.38. The Morgan fingerprint density at radius 1 is 0.264 bits per heavy atom. The Labute approximate surface area is 313 Å². The molecule has 0 heterocycles. The summed E-state index contributed by atoms with van der Waals surface area (Å²) in [7, 11) is 0. The third-order valence-electron chi connectivity index (χ3n) is 9.54. The monoisotopic (exact) mass is 680 g/mol. The van der Waals surface area contributed by atoms with Crippen molar-refractivity contribution in [3.63, 3.8) is 0 Å². The Kier molecular flexibility index (Phi) is 9.76. The van der Waals surface area contributed by atoms with E-state index in [-0.39, 0.29) is 0 Å². The van der Waals surface area contributed by atoms with Crippen LogP contribution in [-0.2, 0) is 0 Å². The second-order valence-electron chi connectivity index (χ2n) is 13.2. The average molecular weight is 681 g/mol. The molecule has 0 bridgehead atoms. The molecule has 8 rings (SSSR count). The molecule has 0 saturated heterocycles. The third-order valence-corrected chi connectivity index (χ3v) is 9.54. The summed E-state index contributed by atoms with van der Waals surface area (Å²) in [4.78, 5) is 4.62. The molecule has 0 aliphatic rings. The number of nitrogens with zero attached hydrogens (tertiary/aromatic N) is 2. The second kappa shape index (κ2) is 15.6. The lowest BCUT2D eigenvalue weighted by Crippen LogP contribution is -2.09. The third kappa shape index (κ3) is 7.73. The van der Waals surface area contributed by atoms with Crippen LogP contribution < -0.4 is 9.80 Å². The molecule has 0 spiro atoms. The molecule has 254 valence electrons. The van der Waals surface area contributed by atoms with Gasteiger partial charge in [-0.15, -0.1) is 0 Å². The SMILES string of the molecule is Cc1ccc(N(c2ccccc2)c2ccc(C=Cc3ccc(N(c4ccc(-c5ccccc5)cc4)c4ccc(-c5ccccc5)cc4)cc3)cc2)cc1. The van der Waals surface area contributed by atoms with Crippen molar-refractivity contribution in [2.75, 3.05) is 9.80 Å². The van der Waals surface area contributed by atoms with E-state index in [1.807, 2.05) is 0 Å². The van der Waals surface area contributed by atoms with Crippen LogP contribution in [0.5, 0.6) is 0 Å². The highest BCUT2D eigenvalue weighted by Gasteiger charge is 2.14. The van der Waals surface area contributed by atoms with Crippen molar-refractivity contribution >= 4 is 46.3 Å². The van der Waals surface area contributed by atoms with Crippen molar-refractivity contribution in [2.45, 2.75) is 6.92 Å². The first kappa shape index (κ1) is 33.3. The van der Waals surface area contributed by atoms with E-state index in [0.29, 0.717) is 0 Å². The summed E-state index contributed by atoms with van der Waals surface area (Å²) in [5.74, 6) is 0. The van der Waals surface area contributed by atoms with Gasteiger partial charge in [0.25, 0.3) is 0 Å². The Hall–Kier alpha value is -6.90. The summed E-state index contributed by atoms with van der Waals surface area (Å²) in [6.45, 7) is 2.12. The molecule has 8 aromatic rings. The van der Waals surface area contributed by atoms with E-state index in [0.717, 1.165) is 45.3 Å². The summed E-state index contributed by atoms with van der Waals surface area (Å²) in [5.41, 5.74) is 15.1. The Balaban J connectivity index is 1.05. The topological polar surface area (TPSA) is 6.48 Å².